The van der Waals surface area contributed by atoms with Gasteiger partial charge in [0.05, 0.1) is 12.4 Å². The summed E-state index contributed by atoms with van der Waals surface area (Å²) in [6, 6.07) is 0. The maximum atomic E-state index is 5.41. The van der Waals surface area contributed by atoms with Crippen LogP contribution in [-0.4, -0.2) is 28.5 Å². The molecule has 0 aliphatic heterocycles. The zero-order chi connectivity index (χ0) is 10.6. The molecule has 1 heterocycles. The average molecular weight is 210 g/mol. The lowest BCUT2D eigenvalue weighted by Gasteiger charge is -2.16. The van der Waals surface area contributed by atoms with Crippen LogP contribution in [0.5, 0.6) is 0 Å². The monoisotopic (exact) mass is 210 g/mol. The molecule has 1 rings (SSSR count). The summed E-state index contributed by atoms with van der Waals surface area (Å²) in [7, 11) is 1.98. The van der Waals surface area contributed by atoms with Crippen LogP contribution in [-0.2, 0) is 0 Å². The molecule has 0 atom stereocenters. The third kappa shape index (κ3) is 2.63. The van der Waals surface area contributed by atoms with Gasteiger partial charge < -0.3 is 10.6 Å². The Kier molecular flexibility index (Phi) is 3.76. The van der Waals surface area contributed by atoms with E-state index in [-0.39, 0.29) is 4.99 Å². The predicted molar refractivity (Wildman–Crippen MR) is 61.5 cm³/mol. The third-order valence-corrected chi connectivity index (χ3v) is 2.05. The minimum Gasteiger partial charge on any atom is -0.388 e. The molecule has 0 aliphatic carbocycles. The van der Waals surface area contributed by atoms with Gasteiger partial charge in [-0.25, -0.2) is 9.97 Å². The molecule has 14 heavy (non-hydrogen) atoms. The number of nitrogens with two attached hydrogens (primary N) is 1. The first-order valence-corrected chi connectivity index (χ1v) is 4.89. The van der Waals surface area contributed by atoms with Crippen molar-refractivity contribution in [2.24, 2.45) is 5.73 Å². The topological polar surface area (TPSA) is 55.0 Å². The molecule has 0 aromatic carbocycles. The Morgan fingerprint density at radius 3 is 2.64 bits per heavy atom. The maximum absolute atomic E-state index is 5.41. The van der Waals surface area contributed by atoms with E-state index in [2.05, 4.69) is 16.9 Å². The van der Waals surface area contributed by atoms with Crippen molar-refractivity contribution in [3.05, 3.63) is 18.1 Å². The number of anilines is 1. The number of nitrogens with zero attached hydrogens (tertiary/aromatic N) is 3. The van der Waals surface area contributed by atoms with E-state index in [1.807, 2.05) is 11.9 Å². The van der Waals surface area contributed by atoms with E-state index in [9.17, 15) is 0 Å². The highest BCUT2D eigenvalue weighted by molar-refractivity contribution is 7.80. The van der Waals surface area contributed by atoms with E-state index in [0.29, 0.717) is 5.69 Å². The molecule has 1 aromatic heterocycles. The molecule has 0 fully saturated rings. The third-order valence-electron chi connectivity index (χ3n) is 1.84. The van der Waals surface area contributed by atoms with Gasteiger partial charge in [-0.2, -0.15) is 0 Å². The Morgan fingerprint density at radius 2 is 2.21 bits per heavy atom. The second kappa shape index (κ2) is 4.85. The van der Waals surface area contributed by atoms with Crippen molar-refractivity contribution in [3.8, 4) is 0 Å². The van der Waals surface area contributed by atoms with E-state index in [4.69, 9.17) is 18.0 Å². The lowest BCUT2D eigenvalue weighted by Crippen LogP contribution is -2.20. The molecule has 5 heteroatoms. The fourth-order valence-corrected chi connectivity index (χ4v) is 1.20. The molecule has 0 spiro atoms. The van der Waals surface area contributed by atoms with Gasteiger partial charge in [0.2, 0.25) is 0 Å². The van der Waals surface area contributed by atoms with Gasteiger partial charge in [0.25, 0.3) is 0 Å². The number of thiocarbonyl (C=S) groups is 1. The van der Waals surface area contributed by atoms with Crippen LogP contribution >= 0.6 is 12.2 Å². The molecule has 0 radical (unpaired) electrons. The smallest absolute Gasteiger partial charge is 0.146 e. The van der Waals surface area contributed by atoms with Crippen LogP contribution < -0.4 is 10.6 Å². The van der Waals surface area contributed by atoms with Crippen molar-refractivity contribution in [1.82, 2.24) is 9.97 Å². The van der Waals surface area contributed by atoms with Gasteiger partial charge >= 0.3 is 0 Å². The van der Waals surface area contributed by atoms with Crippen molar-refractivity contribution in [2.45, 2.75) is 13.3 Å². The van der Waals surface area contributed by atoms with Gasteiger partial charge in [-0.3, -0.25) is 0 Å². The summed E-state index contributed by atoms with van der Waals surface area (Å²) >= 11 is 4.78. The first kappa shape index (κ1) is 10.8. The molecule has 0 saturated heterocycles. The Morgan fingerprint density at radius 1 is 1.50 bits per heavy atom. The van der Waals surface area contributed by atoms with Gasteiger partial charge in [-0.15, -0.1) is 0 Å². The number of aromatic nitrogens is 2. The fourth-order valence-electron chi connectivity index (χ4n) is 1.10. The van der Waals surface area contributed by atoms with E-state index in [1.165, 1.54) is 0 Å². The SMILES string of the molecule is CCCN(C)c1cnc(C(N)=S)cn1. The van der Waals surface area contributed by atoms with Crippen LogP contribution in [0.3, 0.4) is 0 Å². The fraction of sp³-hybridized carbons (Fsp3) is 0.444. The highest BCUT2D eigenvalue weighted by Crippen LogP contribution is 2.06. The molecule has 76 valence electrons. The number of hydrogen-bond donors (Lipinski definition) is 1. The van der Waals surface area contributed by atoms with Crippen molar-refractivity contribution in [2.75, 3.05) is 18.5 Å². The van der Waals surface area contributed by atoms with E-state index in [1.54, 1.807) is 12.4 Å². The summed E-state index contributed by atoms with van der Waals surface area (Å²) in [4.78, 5) is 10.6. The molecule has 0 aliphatic rings. The van der Waals surface area contributed by atoms with Crippen molar-refractivity contribution < 1.29 is 0 Å². The molecular formula is C9H14N4S. The van der Waals surface area contributed by atoms with Gasteiger partial charge in [0, 0.05) is 13.6 Å². The number of rotatable bonds is 4. The summed E-state index contributed by atoms with van der Waals surface area (Å²) in [5.74, 6) is 0.840. The van der Waals surface area contributed by atoms with Gasteiger partial charge in [-0.1, -0.05) is 19.1 Å². The first-order chi connectivity index (χ1) is 6.65. The number of hydrogen-bond acceptors (Lipinski definition) is 4. The Hall–Kier alpha value is -1.23. The van der Waals surface area contributed by atoms with Crippen molar-refractivity contribution in [1.29, 1.82) is 0 Å². The molecular weight excluding hydrogens is 196 g/mol. The normalized spacial score (nSPS) is 9.86. The lowest BCUT2D eigenvalue weighted by atomic mass is 10.4. The largest absolute Gasteiger partial charge is 0.388 e. The van der Waals surface area contributed by atoms with Crippen LogP contribution in [0.25, 0.3) is 0 Å². The van der Waals surface area contributed by atoms with Gasteiger partial charge in [0.15, 0.2) is 0 Å². The molecule has 0 saturated carbocycles. The van der Waals surface area contributed by atoms with Gasteiger partial charge in [-0.05, 0) is 6.42 Å². The molecule has 1 aromatic rings. The van der Waals surface area contributed by atoms with Crippen LogP contribution in [0.4, 0.5) is 5.82 Å². The Labute approximate surface area is 89.2 Å². The van der Waals surface area contributed by atoms with E-state index >= 15 is 0 Å². The zero-order valence-corrected chi connectivity index (χ0v) is 9.21. The maximum Gasteiger partial charge on any atom is 0.146 e. The van der Waals surface area contributed by atoms with E-state index < -0.39 is 0 Å². The lowest BCUT2D eigenvalue weighted by molar-refractivity contribution is 0.833. The molecule has 4 nitrogen and oxygen atoms in total. The standard InChI is InChI=1S/C9H14N4S/c1-3-4-13(2)8-6-11-7(5-12-8)9(10)14/h5-6H,3-4H2,1-2H3,(H2,10,14). The summed E-state index contributed by atoms with van der Waals surface area (Å²) in [5, 5.41) is 0. The van der Waals surface area contributed by atoms with Gasteiger partial charge in [0.1, 0.15) is 16.5 Å². The minimum atomic E-state index is 0.280. The summed E-state index contributed by atoms with van der Waals surface area (Å²) in [6.45, 7) is 3.08. The average Bonchev–Trinajstić information content (AvgIpc) is 2.18. The molecule has 0 unspecified atom stereocenters. The van der Waals surface area contributed by atoms with Crippen LogP contribution in [0.15, 0.2) is 12.4 Å². The minimum absolute atomic E-state index is 0.280. The highest BCUT2D eigenvalue weighted by Gasteiger charge is 2.03. The second-order valence-electron chi connectivity index (χ2n) is 3.05. The van der Waals surface area contributed by atoms with Crippen LogP contribution in [0, 0.1) is 0 Å². The quantitative estimate of drug-likeness (QED) is 0.750. The summed E-state index contributed by atoms with van der Waals surface area (Å²) < 4.78 is 0. The summed E-state index contributed by atoms with van der Waals surface area (Å²) in [5.41, 5.74) is 5.98. The highest BCUT2D eigenvalue weighted by atomic mass is 32.1. The van der Waals surface area contributed by atoms with Crippen molar-refractivity contribution in [3.63, 3.8) is 0 Å². The zero-order valence-electron chi connectivity index (χ0n) is 8.40. The van der Waals surface area contributed by atoms with Crippen LogP contribution in [0.1, 0.15) is 19.0 Å². The molecule has 0 bridgehead atoms. The molecule has 2 N–H and O–H groups in total. The summed E-state index contributed by atoms with van der Waals surface area (Å²) in [6.07, 6.45) is 4.36. The Bertz CT molecular complexity index is 309. The van der Waals surface area contributed by atoms with Crippen LogP contribution in [0.2, 0.25) is 0 Å². The molecule has 0 amide bonds. The predicted octanol–water partition coefficient (Wildman–Crippen LogP) is 0.957. The second-order valence-corrected chi connectivity index (χ2v) is 3.49. The van der Waals surface area contributed by atoms with Crippen molar-refractivity contribution >= 4 is 23.0 Å². The van der Waals surface area contributed by atoms with E-state index in [0.717, 1.165) is 18.8 Å². The first-order valence-electron chi connectivity index (χ1n) is 4.48. The Balaban J connectivity index is 2.77.